The average molecular weight is 611 g/mol. The maximum Gasteiger partial charge on any atom is 0.0547 e. The summed E-state index contributed by atoms with van der Waals surface area (Å²) in [6, 6.07) is 66.2. The van der Waals surface area contributed by atoms with E-state index >= 15 is 0 Å². The number of hydrogen-bond acceptors (Lipinski definition) is 0. The van der Waals surface area contributed by atoms with Gasteiger partial charge in [-0.05, 0) is 99.8 Å². The van der Waals surface area contributed by atoms with Crippen molar-refractivity contribution in [3.63, 3.8) is 0 Å². The van der Waals surface area contributed by atoms with E-state index in [9.17, 15) is 0 Å². The van der Waals surface area contributed by atoms with Crippen molar-refractivity contribution in [2.45, 2.75) is 0 Å². The highest BCUT2D eigenvalue weighted by Crippen LogP contribution is 2.40. The fourth-order valence-corrected chi connectivity index (χ4v) is 7.71. The number of hydrogen-bond donors (Lipinski definition) is 0. The van der Waals surface area contributed by atoms with Gasteiger partial charge in [-0.1, -0.05) is 115 Å². The SMILES string of the molecule is c1ccc(-n2c3ccccc3c3cc(-c4cccc(-c5ccc6c(c5)c5c7ccccc7ccc5n6-c5ccccc5)c4)ccc32)cc1. The van der Waals surface area contributed by atoms with Crippen molar-refractivity contribution in [3.05, 3.63) is 182 Å². The number of fused-ring (bicyclic) bond motifs is 8. The van der Waals surface area contributed by atoms with Gasteiger partial charge in [0.25, 0.3) is 0 Å². The third-order valence-electron chi connectivity index (χ3n) is 9.89. The number of para-hydroxylation sites is 3. The second kappa shape index (κ2) is 10.6. The summed E-state index contributed by atoms with van der Waals surface area (Å²) in [5.41, 5.74) is 12.1. The smallest absolute Gasteiger partial charge is 0.0547 e. The fraction of sp³-hybridized carbons (Fsp3) is 0. The van der Waals surface area contributed by atoms with Gasteiger partial charge in [-0.25, -0.2) is 0 Å². The van der Waals surface area contributed by atoms with E-state index in [1.54, 1.807) is 0 Å². The predicted octanol–water partition coefficient (Wildman–Crippen LogP) is 12.4. The molecule has 224 valence electrons. The van der Waals surface area contributed by atoms with Crippen LogP contribution in [0.5, 0.6) is 0 Å². The van der Waals surface area contributed by atoms with Crippen LogP contribution in [0.25, 0.3) is 88.0 Å². The van der Waals surface area contributed by atoms with Gasteiger partial charge >= 0.3 is 0 Å². The topological polar surface area (TPSA) is 9.86 Å². The second-order valence-corrected chi connectivity index (χ2v) is 12.6. The van der Waals surface area contributed by atoms with Gasteiger partial charge in [-0.15, -0.1) is 0 Å². The molecule has 0 unspecified atom stereocenters. The molecule has 8 aromatic carbocycles. The highest BCUT2D eigenvalue weighted by atomic mass is 15.0. The Bertz CT molecular complexity index is 2820. The molecule has 0 N–H and O–H groups in total. The van der Waals surface area contributed by atoms with Gasteiger partial charge in [0.2, 0.25) is 0 Å². The van der Waals surface area contributed by atoms with Crippen LogP contribution in [0.15, 0.2) is 182 Å². The van der Waals surface area contributed by atoms with E-state index in [0.29, 0.717) is 0 Å². The molecule has 10 aromatic rings. The summed E-state index contributed by atoms with van der Waals surface area (Å²) in [4.78, 5) is 0. The van der Waals surface area contributed by atoms with Crippen molar-refractivity contribution >= 4 is 54.4 Å². The van der Waals surface area contributed by atoms with Crippen LogP contribution in [0.3, 0.4) is 0 Å². The van der Waals surface area contributed by atoms with Gasteiger partial charge in [0.15, 0.2) is 0 Å². The summed E-state index contributed by atoms with van der Waals surface area (Å²) in [7, 11) is 0. The molecule has 2 heterocycles. The summed E-state index contributed by atoms with van der Waals surface area (Å²) in [6.45, 7) is 0. The first kappa shape index (κ1) is 26.8. The Balaban J connectivity index is 1.15. The molecule has 2 heteroatoms. The Morgan fingerprint density at radius 1 is 0.271 bits per heavy atom. The standard InChI is InChI=1S/C46H30N2/c1-3-15-36(16-4-1)47-42-21-10-9-20-39(42)40-29-34(23-25-43(40)47)32-13-11-14-33(28-32)35-24-26-44-41(30-35)46-38-19-8-7-12-31(38)22-27-45(46)48(44)37-17-5-2-6-18-37/h1-30H. The van der Waals surface area contributed by atoms with E-state index in [2.05, 4.69) is 191 Å². The Morgan fingerprint density at radius 3 is 1.48 bits per heavy atom. The van der Waals surface area contributed by atoms with Crippen molar-refractivity contribution in [1.29, 1.82) is 0 Å². The van der Waals surface area contributed by atoms with Crippen LogP contribution in [0.1, 0.15) is 0 Å². The number of nitrogens with zero attached hydrogens (tertiary/aromatic N) is 2. The van der Waals surface area contributed by atoms with E-state index in [-0.39, 0.29) is 0 Å². The Hall–Kier alpha value is -6.38. The minimum absolute atomic E-state index is 1.17. The lowest BCUT2D eigenvalue weighted by atomic mass is 9.96. The molecule has 0 spiro atoms. The molecule has 10 rings (SSSR count). The molecular weight excluding hydrogens is 581 g/mol. The van der Waals surface area contributed by atoms with E-state index in [0.717, 1.165) is 0 Å². The highest BCUT2D eigenvalue weighted by molar-refractivity contribution is 6.22. The maximum atomic E-state index is 2.40. The lowest BCUT2D eigenvalue weighted by Crippen LogP contribution is -1.93. The van der Waals surface area contributed by atoms with Gasteiger partial charge in [0.05, 0.1) is 22.1 Å². The zero-order valence-electron chi connectivity index (χ0n) is 26.2. The second-order valence-electron chi connectivity index (χ2n) is 12.6. The van der Waals surface area contributed by atoms with E-state index in [1.165, 1.54) is 88.0 Å². The molecule has 0 fully saturated rings. The maximum absolute atomic E-state index is 2.40. The first-order valence-corrected chi connectivity index (χ1v) is 16.5. The van der Waals surface area contributed by atoms with Crippen molar-refractivity contribution in [3.8, 4) is 33.6 Å². The van der Waals surface area contributed by atoms with Crippen molar-refractivity contribution in [2.24, 2.45) is 0 Å². The number of rotatable bonds is 4. The first-order valence-electron chi connectivity index (χ1n) is 16.5. The molecule has 0 aliphatic rings. The monoisotopic (exact) mass is 610 g/mol. The summed E-state index contributed by atoms with van der Waals surface area (Å²) >= 11 is 0. The quantitative estimate of drug-likeness (QED) is 0.188. The lowest BCUT2D eigenvalue weighted by molar-refractivity contribution is 1.18. The van der Waals surface area contributed by atoms with Gasteiger partial charge in [0, 0.05) is 32.9 Å². The largest absolute Gasteiger partial charge is 0.309 e. The summed E-state index contributed by atoms with van der Waals surface area (Å²) < 4.78 is 4.77. The van der Waals surface area contributed by atoms with Gasteiger partial charge < -0.3 is 9.13 Å². The average Bonchev–Trinajstić information content (AvgIpc) is 3.68. The minimum atomic E-state index is 1.17. The first-order chi connectivity index (χ1) is 23.8. The zero-order valence-corrected chi connectivity index (χ0v) is 26.2. The lowest BCUT2D eigenvalue weighted by Gasteiger charge is -2.10. The van der Waals surface area contributed by atoms with E-state index in [4.69, 9.17) is 0 Å². The summed E-state index contributed by atoms with van der Waals surface area (Å²) in [6.07, 6.45) is 0. The van der Waals surface area contributed by atoms with E-state index in [1.807, 2.05) is 0 Å². The van der Waals surface area contributed by atoms with E-state index < -0.39 is 0 Å². The van der Waals surface area contributed by atoms with Crippen LogP contribution < -0.4 is 0 Å². The molecular formula is C46H30N2. The van der Waals surface area contributed by atoms with Crippen molar-refractivity contribution in [1.82, 2.24) is 9.13 Å². The molecule has 48 heavy (non-hydrogen) atoms. The van der Waals surface area contributed by atoms with Gasteiger partial charge in [-0.3, -0.25) is 0 Å². The minimum Gasteiger partial charge on any atom is -0.309 e. The molecule has 0 saturated heterocycles. The van der Waals surface area contributed by atoms with Crippen molar-refractivity contribution in [2.75, 3.05) is 0 Å². The number of benzene rings is 8. The van der Waals surface area contributed by atoms with Crippen LogP contribution in [0.2, 0.25) is 0 Å². The summed E-state index contributed by atoms with van der Waals surface area (Å²) in [5.74, 6) is 0. The third kappa shape index (κ3) is 4.06. The van der Waals surface area contributed by atoms with Crippen LogP contribution in [0, 0.1) is 0 Å². The predicted molar refractivity (Wildman–Crippen MR) is 203 cm³/mol. The van der Waals surface area contributed by atoms with Crippen molar-refractivity contribution < 1.29 is 0 Å². The Kier molecular flexibility index (Phi) is 5.91. The van der Waals surface area contributed by atoms with Gasteiger partial charge in [0.1, 0.15) is 0 Å². The molecule has 2 nitrogen and oxygen atoms in total. The number of aromatic nitrogens is 2. The molecule has 0 radical (unpaired) electrons. The fourth-order valence-electron chi connectivity index (χ4n) is 7.71. The molecule has 2 aromatic heterocycles. The molecule has 0 aliphatic carbocycles. The Labute approximate surface area is 278 Å². The summed E-state index contributed by atoms with van der Waals surface area (Å²) in [5, 5.41) is 7.63. The molecule has 0 amide bonds. The van der Waals surface area contributed by atoms with Crippen LogP contribution in [-0.4, -0.2) is 9.13 Å². The third-order valence-corrected chi connectivity index (χ3v) is 9.89. The Morgan fingerprint density at radius 2 is 0.771 bits per heavy atom. The van der Waals surface area contributed by atoms with Gasteiger partial charge in [-0.2, -0.15) is 0 Å². The normalized spacial score (nSPS) is 11.8. The molecule has 0 bridgehead atoms. The van der Waals surface area contributed by atoms with Crippen LogP contribution in [0.4, 0.5) is 0 Å². The van der Waals surface area contributed by atoms with Crippen LogP contribution in [-0.2, 0) is 0 Å². The molecule has 0 aliphatic heterocycles. The van der Waals surface area contributed by atoms with Crippen LogP contribution >= 0.6 is 0 Å². The zero-order chi connectivity index (χ0) is 31.6. The highest BCUT2D eigenvalue weighted by Gasteiger charge is 2.17. The molecule has 0 saturated carbocycles. The molecule has 0 atom stereocenters.